The molecule has 0 saturated heterocycles. The Morgan fingerprint density at radius 3 is 1.22 bits per heavy atom. The monoisotopic (exact) mass is 1120 g/mol. The molecule has 16 aromatic rings. The summed E-state index contributed by atoms with van der Waals surface area (Å²) in [4.78, 5) is 5.04. The van der Waals surface area contributed by atoms with E-state index in [4.69, 9.17) is 0 Å². The van der Waals surface area contributed by atoms with Crippen molar-refractivity contribution in [3.05, 3.63) is 313 Å². The van der Waals surface area contributed by atoms with Gasteiger partial charge < -0.3 is 18.9 Å². The summed E-state index contributed by atoms with van der Waals surface area (Å²) in [6, 6.07) is 109. The van der Waals surface area contributed by atoms with Crippen molar-refractivity contribution in [1.82, 2.24) is 9.13 Å². The molecule has 2 aliphatic rings. The zero-order chi connectivity index (χ0) is 58.6. The number of aromatic nitrogens is 2. The Balaban J connectivity index is 0.905. The van der Waals surface area contributed by atoms with Gasteiger partial charge in [-0.25, -0.2) is 0 Å². The van der Waals surface area contributed by atoms with E-state index in [0.29, 0.717) is 0 Å². The molecule has 0 atom stereocenters. The zero-order valence-electron chi connectivity index (χ0n) is 49.5. The second-order valence-electron chi connectivity index (χ2n) is 25.3. The predicted octanol–water partition coefficient (Wildman–Crippen LogP) is 22.9. The van der Waals surface area contributed by atoms with E-state index in [1.54, 1.807) is 0 Å². The van der Waals surface area contributed by atoms with Gasteiger partial charge in [0.2, 0.25) is 0 Å². The lowest BCUT2D eigenvalue weighted by Crippen LogP contribution is -2.30. The van der Waals surface area contributed by atoms with E-state index in [-0.39, 0.29) is 10.8 Å². The quantitative estimate of drug-likeness (QED) is 0.154. The maximum absolute atomic E-state index is 2.58. The lowest BCUT2D eigenvalue weighted by molar-refractivity contribution is 0.631. The molecule has 4 heteroatoms. The molecule has 2 aliphatic heterocycles. The van der Waals surface area contributed by atoms with Crippen LogP contribution in [0.1, 0.15) is 49.9 Å². The van der Waals surface area contributed by atoms with E-state index >= 15 is 0 Å². The van der Waals surface area contributed by atoms with Crippen LogP contribution in [-0.2, 0) is 10.8 Å². The molecule has 88 heavy (non-hydrogen) atoms. The number of anilines is 6. The van der Waals surface area contributed by atoms with Crippen molar-refractivity contribution in [1.29, 1.82) is 0 Å². The number of rotatable bonds is 6. The number of nitrogens with zero attached hydrogens (tertiary/aromatic N) is 4. The smallest absolute Gasteiger partial charge is 0.0562 e. The van der Waals surface area contributed by atoms with E-state index in [1.807, 2.05) is 0 Å². The third-order valence-corrected chi connectivity index (χ3v) is 19.8. The van der Waals surface area contributed by atoms with Crippen LogP contribution in [0, 0.1) is 0 Å². The number of hydrogen-bond donors (Lipinski definition) is 0. The standard InChI is InChI=1S/C84H60N4/c1-83(2)71-35-18-20-37-77(71)85(57-27-12-7-13-28-57)81-48-60(41-42-73(81)83)88-79-51-66-64-34-17-15-32-62(64)61-31-14-16-33-63(61)65(66)49-69(79)70-50-74-82(52-80(70)88)87(78-38-21-19-36-72(78)84(74,3)4)59-30-22-29-58(47-59)86-75-43-39-55(53-23-8-5-9-24-53)45-67(75)68-46-56(40-44-76(68)86)54-25-10-6-11-26-54/h5-52H,1-4H3. The van der Waals surface area contributed by atoms with Crippen LogP contribution in [0.2, 0.25) is 0 Å². The van der Waals surface area contributed by atoms with Gasteiger partial charge in [-0.3, -0.25) is 0 Å². The fourth-order valence-corrected chi connectivity index (χ4v) is 15.6. The highest BCUT2D eigenvalue weighted by molar-refractivity contribution is 6.29. The van der Waals surface area contributed by atoms with Crippen molar-refractivity contribution in [2.45, 2.75) is 38.5 Å². The minimum absolute atomic E-state index is 0.255. The molecule has 18 rings (SSSR count). The fourth-order valence-electron chi connectivity index (χ4n) is 15.6. The molecule has 0 N–H and O–H groups in total. The molecule has 14 aromatic carbocycles. The SMILES string of the molecule is CC1(C)c2ccccc2N(c2ccccc2)c2cc(-n3c4cc5c(cc4c4cc6c7ccccc7c7ccccc7c6cc43)C(C)(C)c3ccccc3N5c3cccc(-n4c5ccc(-c6ccccc6)cc5c5cc(-c6ccccc6)ccc54)c3)ccc21. The number of benzene rings is 14. The van der Waals surface area contributed by atoms with Gasteiger partial charge in [0.05, 0.1) is 44.8 Å². The van der Waals surface area contributed by atoms with E-state index in [0.717, 1.165) is 28.3 Å². The third kappa shape index (κ3) is 7.26. The third-order valence-electron chi connectivity index (χ3n) is 19.8. The number of hydrogen-bond acceptors (Lipinski definition) is 2. The van der Waals surface area contributed by atoms with Crippen molar-refractivity contribution < 1.29 is 0 Å². The van der Waals surface area contributed by atoms with Crippen molar-refractivity contribution >= 4 is 110 Å². The topological polar surface area (TPSA) is 16.3 Å². The maximum Gasteiger partial charge on any atom is 0.0562 e. The minimum Gasteiger partial charge on any atom is -0.310 e. The molecule has 4 heterocycles. The number of fused-ring (bicyclic) bond motifs is 16. The molecule has 0 spiro atoms. The predicted molar refractivity (Wildman–Crippen MR) is 372 cm³/mol. The first-order valence-electron chi connectivity index (χ1n) is 30.8. The summed E-state index contributed by atoms with van der Waals surface area (Å²) in [5, 5.41) is 12.5. The summed E-state index contributed by atoms with van der Waals surface area (Å²) in [7, 11) is 0. The molecule has 416 valence electrons. The van der Waals surface area contributed by atoms with Crippen LogP contribution >= 0.6 is 0 Å². The van der Waals surface area contributed by atoms with Gasteiger partial charge in [-0.15, -0.1) is 0 Å². The Hall–Kier alpha value is -10.9. The highest BCUT2D eigenvalue weighted by Crippen LogP contribution is 2.56. The van der Waals surface area contributed by atoms with E-state index < -0.39 is 0 Å². The molecular weight excluding hydrogens is 1060 g/mol. The van der Waals surface area contributed by atoms with E-state index in [1.165, 1.54) is 138 Å². The first-order chi connectivity index (χ1) is 43.2. The lowest BCUT2D eigenvalue weighted by atomic mass is 9.73. The van der Waals surface area contributed by atoms with Crippen molar-refractivity contribution in [2.75, 3.05) is 9.80 Å². The molecule has 0 fully saturated rings. The Labute approximate surface area is 511 Å². The Morgan fingerprint density at radius 1 is 0.205 bits per heavy atom. The summed E-state index contributed by atoms with van der Waals surface area (Å²) in [5.41, 5.74) is 23.2. The van der Waals surface area contributed by atoms with Crippen LogP contribution in [0.3, 0.4) is 0 Å². The van der Waals surface area contributed by atoms with Gasteiger partial charge in [-0.05, 0) is 180 Å². The van der Waals surface area contributed by atoms with Crippen molar-refractivity contribution in [3.8, 4) is 33.6 Å². The van der Waals surface area contributed by atoms with Crippen LogP contribution in [-0.4, -0.2) is 9.13 Å². The van der Waals surface area contributed by atoms with Gasteiger partial charge in [-0.2, -0.15) is 0 Å². The summed E-state index contributed by atoms with van der Waals surface area (Å²) in [6.07, 6.45) is 0. The molecule has 0 saturated carbocycles. The van der Waals surface area contributed by atoms with Gasteiger partial charge in [0.15, 0.2) is 0 Å². The normalized spacial score (nSPS) is 14.0. The van der Waals surface area contributed by atoms with Gasteiger partial charge in [0, 0.05) is 55.1 Å². The molecule has 0 bridgehead atoms. The Morgan fingerprint density at radius 2 is 0.614 bits per heavy atom. The molecule has 0 unspecified atom stereocenters. The van der Waals surface area contributed by atoms with Crippen LogP contribution in [0.5, 0.6) is 0 Å². The van der Waals surface area contributed by atoms with Crippen LogP contribution in [0.15, 0.2) is 291 Å². The molecule has 0 radical (unpaired) electrons. The summed E-state index contributed by atoms with van der Waals surface area (Å²) >= 11 is 0. The summed E-state index contributed by atoms with van der Waals surface area (Å²) in [5.74, 6) is 0. The molecule has 0 amide bonds. The highest BCUT2D eigenvalue weighted by atomic mass is 15.2. The Kier molecular flexibility index (Phi) is 10.8. The van der Waals surface area contributed by atoms with Gasteiger partial charge in [0.25, 0.3) is 0 Å². The van der Waals surface area contributed by atoms with Gasteiger partial charge in [0.1, 0.15) is 0 Å². The van der Waals surface area contributed by atoms with Gasteiger partial charge >= 0.3 is 0 Å². The molecule has 0 aliphatic carbocycles. The first-order valence-corrected chi connectivity index (χ1v) is 30.8. The lowest BCUT2D eigenvalue weighted by Gasteiger charge is -2.42. The van der Waals surface area contributed by atoms with Crippen molar-refractivity contribution in [2.24, 2.45) is 0 Å². The zero-order valence-corrected chi connectivity index (χ0v) is 49.5. The fraction of sp³-hybridized carbons (Fsp3) is 0.0714. The molecule has 4 nitrogen and oxygen atoms in total. The summed E-state index contributed by atoms with van der Waals surface area (Å²) < 4.78 is 5.06. The maximum atomic E-state index is 2.58. The van der Waals surface area contributed by atoms with Crippen molar-refractivity contribution in [3.63, 3.8) is 0 Å². The average Bonchev–Trinajstić information content (AvgIpc) is 1.47. The highest BCUT2D eigenvalue weighted by Gasteiger charge is 2.40. The average molecular weight is 1130 g/mol. The van der Waals surface area contributed by atoms with Crippen LogP contribution in [0.25, 0.3) is 110 Å². The second kappa shape index (κ2) is 18.8. The van der Waals surface area contributed by atoms with Crippen LogP contribution in [0.4, 0.5) is 34.1 Å². The second-order valence-corrected chi connectivity index (χ2v) is 25.3. The van der Waals surface area contributed by atoms with Crippen LogP contribution < -0.4 is 9.80 Å². The number of para-hydroxylation sites is 3. The van der Waals surface area contributed by atoms with E-state index in [2.05, 4.69) is 338 Å². The molecular formula is C84H60N4. The van der Waals surface area contributed by atoms with Gasteiger partial charge in [-0.1, -0.05) is 216 Å². The summed E-state index contributed by atoms with van der Waals surface area (Å²) in [6.45, 7) is 9.61. The Bertz CT molecular complexity index is 5480. The first kappa shape index (κ1) is 50.4. The largest absolute Gasteiger partial charge is 0.310 e. The minimum atomic E-state index is -0.358. The van der Waals surface area contributed by atoms with E-state index in [9.17, 15) is 0 Å². The molecule has 2 aromatic heterocycles.